The van der Waals surface area contributed by atoms with Gasteiger partial charge in [-0.2, -0.15) is 0 Å². The van der Waals surface area contributed by atoms with E-state index >= 15 is 0 Å². The third-order valence-electron chi connectivity index (χ3n) is 3.04. The van der Waals surface area contributed by atoms with Crippen molar-refractivity contribution >= 4 is 5.71 Å². The van der Waals surface area contributed by atoms with E-state index in [4.69, 9.17) is 4.74 Å². The molecule has 0 spiro atoms. The summed E-state index contributed by atoms with van der Waals surface area (Å²) in [6, 6.07) is 0. The number of aliphatic imine (C=N–C) groups is 1. The van der Waals surface area contributed by atoms with E-state index < -0.39 is 0 Å². The molecular weight excluding hydrogens is 236 g/mol. The van der Waals surface area contributed by atoms with Gasteiger partial charge < -0.3 is 9.64 Å². The number of allylic oxidation sites excluding steroid dienone is 3. The van der Waals surface area contributed by atoms with Crippen LogP contribution < -0.4 is 0 Å². The predicted octanol–water partition coefficient (Wildman–Crippen LogP) is 3.29. The Morgan fingerprint density at radius 2 is 2.16 bits per heavy atom. The zero-order chi connectivity index (χ0) is 14.3. The summed E-state index contributed by atoms with van der Waals surface area (Å²) in [5.74, 6) is 1.62. The van der Waals surface area contributed by atoms with Crippen LogP contribution in [0.25, 0.3) is 0 Å². The number of ether oxygens (including phenoxy) is 1. The van der Waals surface area contributed by atoms with Crippen LogP contribution in [0.15, 0.2) is 28.5 Å². The highest BCUT2D eigenvalue weighted by Gasteiger charge is 2.09. The number of rotatable bonds is 7. The maximum absolute atomic E-state index is 5.79. The van der Waals surface area contributed by atoms with Gasteiger partial charge in [0.05, 0.1) is 0 Å². The van der Waals surface area contributed by atoms with Gasteiger partial charge in [0, 0.05) is 18.8 Å². The fourth-order valence-corrected chi connectivity index (χ4v) is 1.83. The number of hydrogen-bond donors (Lipinski definition) is 0. The molecule has 0 aromatic rings. The van der Waals surface area contributed by atoms with E-state index in [2.05, 4.69) is 56.9 Å². The Hall–Kier alpha value is -1.09. The van der Waals surface area contributed by atoms with Crippen LogP contribution in [0.3, 0.4) is 0 Å². The standard InChI is InChI=1S/C16H28N2O/c1-13(2)12-17-14(3)15-7-6-8-16(11-15)19-10-9-18(4)5/h8,11,13H,6-7,9-10,12H2,1-5H3. The van der Waals surface area contributed by atoms with Crippen LogP contribution in [-0.4, -0.2) is 44.4 Å². The highest BCUT2D eigenvalue weighted by molar-refractivity contribution is 5.98. The van der Waals surface area contributed by atoms with E-state index in [1.54, 1.807) is 0 Å². The third kappa shape index (κ3) is 6.58. The zero-order valence-corrected chi connectivity index (χ0v) is 13.1. The Morgan fingerprint density at radius 3 is 2.79 bits per heavy atom. The minimum atomic E-state index is 0.616. The highest BCUT2D eigenvalue weighted by atomic mass is 16.5. The van der Waals surface area contributed by atoms with Crippen molar-refractivity contribution in [3.05, 3.63) is 23.5 Å². The molecule has 0 radical (unpaired) electrons. The van der Waals surface area contributed by atoms with E-state index in [0.29, 0.717) is 5.92 Å². The summed E-state index contributed by atoms with van der Waals surface area (Å²) in [5.41, 5.74) is 2.48. The second kappa shape index (κ2) is 8.16. The van der Waals surface area contributed by atoms with Gasteiger partial charge in [-0.1, -0.05) is 13.8 Å². The van der Waals surface area contributed by atoms with Gasteiger partial charge in [0.2, 0.25) is 0 Å². The van der Waals surface area contributed by atoms with Crippen molar-refractivity contribution < 1.29 is 4.74 Å². The molecule has 108 valence electrons. The Kier molecular flexibility index (Phi) is 6.85. The van der Waals surface area contributed by atoms with Gasteiger partial charge in [-0.15, -0.1) is 0 Å². The van der Waals surface area contributed by atoms with Crippen molar-refractivity contribution in [2.45, 2.75) is 33.6 Å². The maximum Gasteiger partial charge on any atom is 0.115 e. The first-order chi connectivity index (χ1) is 8.99. The quantitative estimate of drug-likeness (QED) is 0.659. The van der Waals surface area contributed by atoms with E-state index in [-0.39, 0.29) is 0 Å². The second-order valence-electron chi connectivity index (χ2n) is 5.79. The molecule has 3 heteroatoms. The van der Waals surface area contributed by atoms with Crippen LogP contribution in [0.4, 0.5) is 0 Å². The van der Waals surface area contributed by atoms with Gasteiger partial charge in [-0.05, 0) is 57.5 Å². The van der Waals surface area contributed by atoms with Gasteiger partial charge >= 0.3 is 0 Å². The molecule has 0 atom stereocenters. The lowest BCUT2D eigenvalue weighted by molar-refractivity contribution is 0.191. The minimum absolute atomic E-state index is 0.616. The SMILES string of the molecule is CC(=NCC(C)C)C1=CC(OCCN(C)C)=CCC1. The summed E-state index contributed by atoms with van der Waals surface area (Å²) in [4.78, 5) is 6.78. The summed E-state index contributed by atoms with van der Waals surface area (Å²) in [5, 5.41) is 0. The van der Waals surface area contributed by atoms with Crippen molar-refractivity contribution in [1.82, 2.24) is 4.90 Å². The molecule has 0 N–H and O–H groups in total. The number of likely N-dealkylation sites (N-methyl/N-ethyl adjacent to an activating group) is 1. The maximum atomic E-state index is 5.79. The molecule has 0 aromatic carbocycles. The van der Waals surface area contributed by atoms with Crippen LogP contribution in [0.2, 0.25) is 0 Å². The molecule has 1 rings (SSSR count). The van der Waals surface area contributed by atoms with Crippen molar-refractivity contribution in [2.75, 3.05) is 33.8 Å². The first kappa shape index (κ1) is 16.0. The largest absolute Gasteiger partial charge is 0.493 e. The van der Waals surface area contributed by atoms with Gasteiger partial charge in [0.1, 0.15) is 12.4 Å². The van der Waals surface area contributed by atoms with Crippen molar-refractivity contribution in [3.63, 3.8) is 0 Å². The molecule has 0 fully saturated rings. The monoisotopic (exact) mass is 264 g/mol. The van der Waals surface area contributed by atoms with Crippen LogP contribution in [-0.2, 0) is 4.74 Å². The van der Waals surface area contributed by atoms with Gasteiger partial charge in [0.25, 0.3) is 0 Å². The molecule has 0 amide bonds. The third-order valence-corrected chi connectivity index (χ3v) is 3.04. The lowest BCUT2D eigenvalue weighted by Crippen LogP contribution is -2.18. The van der Waals surface area contributed by atoms with Crippen LogP contribution in [0, 0.1) is 5.92 Å². The van der Waals surface area contributed by atoms with Crippen LogP contribution in [0.1, 0.15) is 33.6 Å². The Labute approximate surface area is 118 Å². The predicted molar refractivity (Wildman–Crippen MR) is 82.7 cm³/mol. The van der Waals surface area contributed by atoms with Gasteiger partial charge in [-0.3, -0.25) is 4.99 Å². The molecule has 0 unspecified atom stereocenters. The molecule has 3 nitrogen and oxygen atoms in total. The van der Waals surface area contributed by atoms with Crippen molar-refractivity contribution in [2.24, 2.45) is 10.9 Å². The van der Waals surface area contributed by atoms with Crippen LogP contribution >= 0.6 is 0 Å². The molecule has 1 aliphatic carbocycles. The summed E-state index contributed by atoms with van der Waals surface area (Å²) >= 11 is 0. The average Bonchev–Trinajstić information content (AvgIpc) is 2.36. The van der Waals surface area contributed by atoms with Crippen LogP contribution in [0.5, 0.6) is 0 Å². The molecule has 19 heavy (non-hydrogen) atoms. The number of nitrogens with zero attached hydrogens (tertiary/aromatic N) is 2. The first-order valence-corrected chi connectivity index (χ1v) is 7.18. The molecule has 0 heterocycles. The summed E-state index contributed by atoms with van der Waals surface area (Å²) in [7, 11) is 4.12. The zero-order valence-electron chi connectivity index (χ0n) is 13.1. The molecular formula is C16H28N2O. The molecule has 0 bridgehead atoms. The minimum Gasteiger partial charge on any atom is -0.493 e. The lowest BCUT2D eigenvalue weighted by Gasteiger charge is -2.16. The van der Waals surface area contributed by atoms with Gasteiger partial charge in [-0.25, -0.2) is 0 Å². The molecule has 0 aromatic heterocycles. The summed E-state index contributed by atoms with van der Waals surface area (Å²) in [6.45, 7) is 9.09. The highest BCUT2D eigenvalue weighted by Crippen LogP contribution is 2.19. The molecule has 1 aliphatic rings. The van der Waals surface area contributed by atoms with E-state index in [1.807, 2.05) is 0 Å². The Bertz CT molecular complexity index is 365. The fraction of sp³-hybridized carbons (Fsp3) is 0.688. The van der Waals surface area contributed by atoms with Crippen molar-refractivity contribution in [1.29, 1.82) is 0 Å². The fourth-order valence-electron chi connectivity index (χ4n) is 1.83. The normalized spacial score (nSPS) is 16.7. The molecule has 0 saturated carbocycles. The van der Waals surface area contributed by atoms with E-state index in [0.717, 1.165) is 44.0 Å². The molecule has 0 saturated heterocycles. The van der Waals surface area contributed by atoms with Gasteiger partial charge in [0.15, 0.2) is 0 Å². The summed E-state index contributed by atoms with van der Waals surface area (Å²) in [6.07, 6.45) is 6.46. The van der Waals surface area contributed by atoms with E-state index in [9.17, 15) is 0 Å². The lowest BCUT2D eigenvalue weighted by atomic mass is 10.00. The Morgan fingerprint density at radius 1 is 1.42 bits per heavy atom. The van der Waals surface area contributed by atoms with E-state index in [1.165, 1.54) is 5.57 Å². The topological polar surface area (TPSA) is 24.8 Å². The second-order valence-corrected chi connectivity index (χ2v) is 5.79. The number of hydrogen-bond acceptors (Lipinski definition) is 3. The smallest absolute Gasteiger partial charge is 0.115 e. The first-order valence-electron chi connectivity index (χ1n) is 7.18. The Balaban J connectivity index is 2.53. The van der Waals surface area contributed by atoms with Crippen molar-refractivity contribution in [3.8, 4) is 0 Å². The summed E-state index contributed by atoms with van der Waals surface area (Å²) < 4.78 is 5.79. The average molecular weight is 264 g/mol. The molecule has 0 aliphatic heterocycles.